The fraction of sp³-hybridized carbons (Fsp3) is 0.273. The molecule has 1 N–H and O–H groups in total. The molecule has 0 aromatic heterocycles. The molecule has 0 bridgehead atoms. The first kappa shape index (κ1) is 13.6. The highest BCUT2D eigenvalue weighted by Gasteiger charge is 2.12. The van der Waals surface area contributed by atoms with Crippen LogP contribution in [-0.2, 0) is 4.74 Å². The lowest BCUT2D eigenvalue weighted by atomic mass is 10.1. The molecule has 18 heavy (non-hydrogen) atoms. The van der Waals surface area contributed by atoms with Gasteiger partial charge in [0.2, 0.25) is 0 Å². The second-order valence-corrected chi connectivity index (χ2v) is 3.56. The van der Waals surface area contributed by atoms with Crippen molar-refractivity contribution < 1.29 is 14.5 Å². The summed E-state index contributed by atoms with van der Waals surface area (Å²) in [5.74, 6) is 0. The molecule has 7 heteroatoms. The normalized spacial score (nSPS) is 10.9. The third-order valence-electron chi connectivity index (χ3n) is 2.32. The number of hydrazone groups is 1. The summed E-state index contributed by atoms with van der Waals surface area (Å²) >= 11 is 0. The zero-order chi connectivity index (χ0) is 13.7. The van der Waals surface area contributed by atoms with Crippen molar-refractivity contribution in [3.63, 3.8) is 0 Å². The van der Waals surface area contributed by atoms with E-state index in [4.69, 9.17) is 0 Å². The number of hydrogen-bond donors (Lipinski definition) is 1. The smallest absolute Gasteiger partial charge is 0.427 e. The first-order valence-corrected chi connectivity index (χ1v) is 5.09. The number of methoxy groups -OCH3 is 1. The zero-order valence-corrected chi connectivity index (χ0v) is 10.3. The Hall–Kier alpha value is -2.44. The maximum atomic E-state index is 10.8. The summed E-state index contributed by atoms with van der Waals surface area (Å²) in [5, 5.41) is 14.5. The van der Waals surface area contributed by atoms with Crippen molar-refractivity contribution in [2.75, 3.05) is 7.11 Å². The molecule has 0 spiro atoms. The van der Waals surface area contributed by atoms with Crippen molar-refractivity contribution in [1.29, 1.82) is 0 Å². The predicted octanol–water partition coefficient (Wildman–Crippen LogP) is 1.98. The van der Waals surface area contributed by atoms with Crippen LogP contribution in [0.1, 0.15) is 18.1 Å². The molecule has 0 unspecified atom stereocenters. The summed E-state index contributed by atoms with van der Waals surface area (Å²) in [6.45, 7) is 3.28. The Morgan fingerprint density at radius 2 is 2.17 bits per heavy atom. The van der Waals surface area contributed by atoms with Gasteiger partial charge in [-0.05, 0) is 13.8 Å². The monoisotopic (exact) mass is 251 g/mol. The van der Waals surface area contributed by atoms with Gasteiger partial charge in [-0.1, -0.05) is 12.1 Å². The molecule has 1 aromatic rings. The van der Waals surface area contributed by atoms with Gasteiger partial charge in [0.25, 0.3) is 5.69 Å². The fourth-order valence-electron chi connectivity index (χ4n) is 1.27. The minimum atomic E-state index is -0.698. The van der Waals surface area contributed by atoms with Gasteiger partial charge in [0, 0.05) is 17.2 Å². The Kier molecular flexibility index (Phi) is 4.36. The number of ether oxygens (including phenoxy) is 1. The number of amides is 1. The lowest BCUT2D eigenvalue weighted by Gasteiger charge is -2.03. The number of nitro groups is 1. The molecule has 0 aliphatic rings. The van der Waals surface area contributed by atoms with Crippen molar-refractivity contribution in [1.82, 2.24) is 5.43 Å². The van der Waals surface area contributed by atoms with Gasteiger partial charge >= 0.3 is 6.09 Å². The molecule has 0 saturated carbocycles. The summed E-state index contributed by atoms with van der Waals surface area (Å²) in [6, 6.07) is 4.73. The van der Waals surface area contributed by atoms with Crippen LogP contribution in [0, 0.1) is 17.0 Å². The standard InChI is InChI=1S/C11H13N3O4/c1-7-4-5-9(6-10(7)14(16)17)8(2)12-13-11(15)18-3/h4-6H,1-3H3,(H,13,15)/b12-8+. The van der Waals surface area contributed by atoms with Crippen LogP contribution in [0.15, 0.2) is 23.3 Å². The van der Waals surface area contributed by atoms with Crippen LogP contribution >= 0.6 is 0 Å². The Morgan fingerprint density at radius 3 is 2.72 bits per heavy atom. The van der Waals surface area contributed by atoms with Crippen LogP contribution in [-0.4, -0.2) is 23.8 Å². The van der Waals surface area contributed by atoms with Gasteiger partial charge in [-0.15, -0.1) is 0 Å². The molecule has 0 aliphatic carbocycles. The molecular formula is C11H13N3O4. The van der Waals surface area contributed by atoms with Crippen molar-refractivity contribution in [3.8, 4) is 0 Å². The van der Waals surface area contributed by atoms with Gasteiger partial charge in [0.15, 0.2) is 0 Å². The first-order valence-electron chi connectivity index (χ1n) is 5.09. The van der Waals surface area contributed by atoms with Gasteiger partial charge in [0.05, 0.1) is 17.7 Å². The molecule has 1 amide bonds. The number of benzene rings is 1. The van der Waals surface area contributed by atoms with E-state index < -0.39 is 11.0 Å². The third-order valence-corrected chi connectivity index (χ3v) is 2.32. The predicted molar refractivity (Wildman–Crippen MR) is 65.6 cm³/mol. The molecular weight excluding hydrogens is 238 g/mol. The van der Waals surface area contributed by atoms with E-state index in [2.05, 4.69) is 15.3 Å². The minimum Gasteiger partial charge on any atom is -0.452 e. The van der Waals surface area contributed by atoms with Crippen LogP contribution in [0.2, 0.25) is 0 Å². The van der Waals surface area contributed by atoms with E-state index in [-0.39, 0.29) is 5.69 Å². The van der Waals surface area contributed by atoms with Crippen molar-refractivity contribution in [2.45, 2.75) is 13.8 Å². The molecule has 7 nitrogen and oxygen atoms in total. The average molecular weight is 251 g/mol. The number of carbonyl (C=O) groups is 1. The van der Waals surface area contributed by atoms with Gasteiger partial charge in [-0.3, -0.25) is 10.1 Å². The molecule has 1 aromatic carbocycles. The summed E-state index contributed by atoms with van der Waals surface area (Å²) in [5.41, 5.74) is 3.74. The topological polar surface area (TPSA) is 93.8 Å². The number of carbonyl (C=O) groups excluding carboxylic acids is 1. The fourth-order valence-corrected chi connectivity index (χ4v) is 1.27. The number of nitro benzene ring substituents is 1. The van der Waals surface area contributed by atoms with Crippen LogP contribution < -0.4 is 5.43 Å². The van der Waals surface area contributed by atoms with E-state index >= 15 is 0 Å². The van der Waals surface area contributed by atoms with Crippen molar-refractivity contribution in [3.05, 3.63) is 39.4 Å². The van der Waals surface area contributed by atoms with Crippen LogP contribution in [0.4, 0.5) is 10.5 Å². The third kappa shape index (κ3) is 3.27. The highest BCUT2D eigenvalue weighted by Crippen LogP contribution is 2.19. The molecule has 0 saturated heterocycles. The second-order valence-electron chi connectivity index (χ2n) is 3.56. The lowest BCUT2D eigenvalue weighted by molar-refractivity contribution is -0.385. The van der Waals surface area contributed by atoms with E-state index in [1.807, 2.05) is 0 Å². The largest absolute Gasteiger partial charge is 0.452 e. The van der Waals surface area contributed by atoms with Gasteiger partial charge in [-0.25, -0.2) is 10.2 Å². The van der Waals surface area contributed by atoms with Crippen LogP contribution in [0.25, 0.3) is 0 Å². The summed E-state index contributed by atoms with van der Waals surface area (Å²) in [7, 11) is 1.22. The van der Waals surface area contributed by atoms with E-state index in [0.29, 0.717) is 16.8 Å². The second kappa shape index (κ2) is 5.76. The Bertz CT molecular complexity index is 511. The van der Waals surface area contributed by atoms with Crippen molar-refractivity contribution >= 4 is 17.5 Å². The Morgan fingerprint density at radius 1 is 1.50 bits per heavy atom. The molecule has 0 atom stereocenters. The molecule has 0 radical (unpaired) electrons. The van der Waals surface area contributed by atoms with Crippen LogP contribution in [0.3, 0.4) is 0 Å². The Balaban J connectivity index is 2.99. The number of nitrogens with one attached hydrogen (secondary N) is 1. The van der Waals surface area contributed by atoms with E-state index in [1.54, 1.807) is 26.0 Å². The van der Waals surface area contributed by atoms with Gasteiger partial charge in [-0.2, -0.15) is 5.10 Å². The van der Waals surface area contributed by atoms with E-state index in [1.165, 1.54) is 13.2 Å². The van der Waals surface area contributed by atoms with Gasteiger partial charge < -0.3 is 4.74 Å². The van der Waals surface area contributed by atoms with Gasteiger partial charge in [0.1, 0.15) is 0 Å². The molecule has 0 fully saturated rings. The minimum absolute atomic E-state index is 0.0140. The quantitative estimate of drug-likeness (QED) is 0.505. The van der Waals surface area contributed by atoms with E-state index in [9.17, 15) is 14.9 Å². The summed E-state index contributed by atoms with van der Waals surface area (Å²) in [6.07, 6.45) is -0.698. The molecule has 0 heterocycles. The lowest BCUT2D eigenvalue weighted by Crippen LogP contribution is -2.18. The average Bonchev–Trinajstić information content (AvgIpc) is 2.35. The summed E-state index contributed by atoms with van der Waals surface area (Å²) in [4.78, 5) is 21.2. The number of hydrogen-bond acceptors (Lipinski definition) is 5. The Labute approximate surface area is 104 Å². The maximum Gasteiger partial charge on any atom is 0.427 e. The molecule has 0 aliphatic heterocycles. The summed E-state index contributed by atoms with van der Waals surface area (Å²) < 4.78 is 4.35. The molecule has 96 valence electrons. The molecule has 1 rings (SSSR count). The van der Waals surface area contributed by atoms with Crippen LogP contribution in [0.5, 0.6) is 0 Å². The maximum absolute atomic E-state index is 10.8. The zero-order valence-electron chi connectivity index (χ0n) is 10.3. The number of rotatable bonds is 3. The highest BCUT2D eigenvalue weighted by molar-refractivity contribution is 5.99. The first-order chi connectivity index (χ1) is 8.45. The SMILES string of the molecule is COC(=O)N/N=C(\C)c1ccc(C)c([N+](=O)[O-])c1. The number of nitrogens with zero attached hydrogens (tertiary/aromatic N) is 2. The highest BCUT2D eigenvalue weighted by atomic mass is 16.6. The van der Waals surface area contributed by atoms with Crippen molar-refractivity contribution in [2.24, 2.45) is 5.10 Å². The van der Waals surface area contributed by atoms with E-state index in [0.717, 1.165) is 0 Å². The number of aryl methyl sites for hydroxylation is 1.